The maximum absolute atomic E-state index is 12.2. The van der Waals surface area contributed by atoms with Crippen molar-refractivity contribution in [1.29, 1.82) is 0 Å². The number of ether oxygens (including phenoxy) is 1. The molecule has 0 saturated carbocycles. The second-order valence-electron chi connectivity index (χ2n) is 4.64. The molecule has 0 atom stereocenters. The van der Waals surface area contributed by atoms with E-state index in [0.29, 0.717) is 6.29 Å². The Morgan fingerprint density at radius 1 is 1.23 bits per heavy atom. The smallest absolute Gasteiger partial charge is 0.337 e. The number of aromatic carboxylic acids is 1. The molecule has 0 aliphatic rings. The van der Waals surface area contributed by atoms with Crippen molar-refractivity contribution in [3.8, 4) is 5.88 Å². The molecule has 0 saturated heterocycles. The SMILES string of the molecule is COc1cc(C=O)nc(NC(=O)NS(=O)(=O)c2ccccc2C(=O)O)n1. The number of amides is 2. The number of carbonyl (C=O) groups is 3. The van der Waals surface area contributed by atoms with E-state index in [1.165, 1.54) is 25.3 Å². The third kappa shape index (κ3) is 4.30. The lowest BCUT2D eigenvalue weighted by atomic mass is 10.2. The average molecular weight is 380 g/mol. The number of carbonyl (C=O) groups excluding carboxylic acids is 2. The summed E-state index contributed by atoms with van der Waals surface area (Å²) in [6.45, 7) is 0. The lowest BCUT2D eigenvalue weighted by Gasteiger charge is -2.10. The molecular formula is C14H12N4O7S. The minimum absolute atomic E-state index is 0.0310. The Hall–Kier alpha value is -3.54. The van der Waals surface area contributed by atoms with Crippen molar-refractivity contribution in [2.24, 2.45) is 0 Å². The molecule has 3 N–H and O–H groups in total. The molecule has 136 valence electrons. The Kier molecular flexibility index (Phi) is 5.47. The Balaban J connectivity index is 2.25. The predicted octanol–water partition coefficient (Wildman–Crippen LogP) is 0.506. The van der Waals surface area contributed by atoms with Gasteiger partial charge >= 0.3 is 12.0 Å². The van der Waals surface area contributed by atoms with E-state index in [1.54, 1.807) is 4.72 Å². The molecule has 0 aliphatic carbocycles. The number of sulfonamides is 1. The van der Waals surface area contributed by atoms with Gasteiger partial charge in [0.25, 0.3) is 10.0 Å². The summed E-state index contributed by atoms with van der Waals surface area (Å²) in [5.41, 5.74) is -0.611. The number of nitrogens with zero attached hydrogens (tertiary/aromatic N) is 2. The van der Waals surface area contributed by atoms with Crippen LogP contribution in [0.1, 0.15) is 20.8 Å². The highest BCUT2D eigenvalue weighted by molar-refractivity contribution is 7.90. The summed E-state index contributed by atoms with van der Waals surface area (Å²) in [5, 5.41) is 11.1. The van der Waals surface area contributed by atoms with Crippen LogP contribution in [0.4, 0.5) is 10.7 Å². The zero-order valence-corrected chi connectivity index (χ0v) is 14.0. The number of urea groups is 1. The van der Waals surface area contributed by atoms with E-state index in [2.05, 4.69) is 9.97 Å². The summed E-state index contributed by atoms with van der Waals surface area (Å²) in [5.74, 6) is -1.89. The van der Waals surface area contributed by atoms with Crippen molar-refractivity contribution in [3.05, 3.63) is 41.6 Å². The van der Waals surface area contributed by atoms with Gasteiger partial charge in [0.15, 0.2) is 6.29 Å². The highest BCUT2D eigenvalue weighted by Crippen LogP contribution is 2.16. The molecule has 0 aliphatic heterocycles. The maximum Gasteiger partial charge on any atom is 0.337 e. The number of rotatable bonds is 6. The number of aromatic nitrogens is 2. The highest BCUT2D eigenvalue weighted by atomic mass is 32.2. The largest absolute Gasteiger partial charge is 0.481 e. The molecule has 2 aromatic rings. The standard InChI is InChI=1S/C14H12N4O7S/c1-25-11-6-8(7-19)15-13(16-11)17-14(22)18-26(23,24)10-5-3-2-4-9(10)12(20)21/h2-7H,1H3,(H,20,21)(H2,15,16,17,18,22). The average Bonchev–Trinajstić information content (AvgIpc) is 2.60. The van der Waals surface area contributed by atoms with Crippen molar-refractivity contribution < 1.29 is 32.6 Å². The third-order valence-corrected chi connectivity index (χ3v) is 4.30. The number of anilines is 1. The van der Waals surface area contributed by atoms with E-state index in [4.69, 9.17) is 9.84 Å². The third-order valence-electron chi connectivity index (χ3n) is 2.91. The molecule has 0 radical (unpaired) electrons. The van der Waals surface area contributed by atoms with Gasteiger partial charge in [-0.05, 0) is 12.1 Å². The molecule has 0 bridgehead atoms. The van der Waals surface area contributed by atoms with E-state index in [-0.39, 0.29) is 17.5 Å². The van der Waals surface area contributed by atoms with Gasteiger partial charge in [0.2, 0.25) is 11.8 Å². The van der Waals surface area contributed by atoms with Gasteiger partial charge in [-0.2, -0.15) is 4.98 Å². The summed E-state index contributed by atoms with van der Waals surface area (Å²) in [7, 11) is -3.21. The van der Waals surface area contributed by atoms with Crippen LogP contribution in [0.25, 0.3) is 0 Å². The Morgan fingerprint density at radius 3 is 2.54 bits per heavy atom. The van der Waals surface area contributed by atoms with Gasteiger partial charge in [0.05, 0.1) is 12.7 Å². The molecule has 1 heterocycles. The number of aldehydes is 1. The zero-order valence-electron chi connectivity index (χ0n) is 13.2. The molecule has 2 amide bonds. The molecular weight excluding hydrogens is 368 g/mol. The van der Waals surface area contributed by atoms with Gasteiger partial charge in [-0.1, -0.05) is 12.1 Å². The predicted molar refractivity (Wildman–Crippen MR) is 86.7 cm³/mol. The van der Waals surface area contributed by atoms with E-state index in [9.17, 15) is 22.8 Å². The first-order valence-corrected chi connectivity index (χ1v) is 8.29. The summed E-state index contributed by atoms with van der Waals surface area (Å²) in [6, 6.07) is 4.71. The van der Waals surface area contributed by atoms with E-state index < -0.39 is 32.5 Å². The van der Waals surface area contributed by atoms with Crippen LogP contribution < -0.4 is 14.8 Å². The van der Waals surface area contributed by atoms with Crippen LogP contribution >= 0.6 is 0 Å². The van der Waals surface area contributed by atoms with Crippen LogP contribution in [0.3, 0.4) is 0 Å². The number of hydrogen-bond acceptors (Lipinski definition) is 8. The van der Waals surface area contributed by atoms with Crippen molar-refractivity contribution in [2.45, 2.75) is 4.90 Å². The second kappa shape index (κ2) is 7.57. The molecule has 11 nitrogen and oxygen atoms in total. The minimum atomic E-state index is -4.49. The van der Waals surface area contributed by atoms with Gasteiger partial charge in [0.1, 0.15) is 10.6 Å². The van der Waals surface area contributed by atoms with Crippen molar-refractivity contribution in [1.82, 2.24) is 14.7 Å². The molecule has 2 rings (SSSR count). The quantitative estimate of drug-likeness (QED) is 0.605. The normalized spacial score (nSPS) is 10.7. The Bertz CT molecular complexity index is 975. The van der Waals surface area contributed by atoms with Gasteiger partial charge < -0.3 is 9.84 Å². The Morgan fingerprint density at radius 2 is 1.92 bits per heavy atom. The number of carboxylic acid groups (broad SMARTS) is 1. The summed E-state index contributed by atoms with van der Waals surface area (Å²) in [4.78, 5) is 40.7. The fraction of sp³-hybridized carbons (Fsp3) is 0.0714. The first-order chi connectivity index (χ1) is 12.3. The highest BCUT2D eigenvalue weighted by Gasteiger charge is 2.24. The van der Waals surface area contributed by atoms with Gasteiger partial charge in [-0.25, -0.2) is 27.7 Å². The first-order valence-electron chi connectivity index (χ1n) is 6.81. The topological polar surface area (TPSA) is 165 Å². The molecule has 0 unspecified atom stereocenters. The molecule has 1 aromatic carbocycles. The monoisotopic (exact) mass is 380 g/mol. The fourth-order valence-corrected chi connectivity index (χ4v) is 2.95. The molecule has 0 fully saturated rings. The first kappa shape index (κ1) is 18.8. The number of nitrogens with one attached hydrogen (secondary N) is 2. The number of carboxylic acids is 1. The van der Waals surface area contributed by atoms with Crippen LogP contribution in [0.5, 0.6) is 5.88 Å². The molecule has 12 heteroatoms. The van der Waals surface area contributed by atoms with Crippen LogP contribution in [0, 0.1) is 0 Å². The fourth-order valence-electron chi connectivity index (χ4n) is 1.85. The molecule has 0 spiro atoms. The minimum Gasteiger partial charge on any atom is -0.481 e. The Labute approximate surface area is 147 Å². The summed E-state index contributed by atoms with van der Waals surface area (Å²) >= 11 is 0. The van der Waals surface area contributed by atoms with Crippen LogP contribution in [0.2, 0.25) is 0 Å². The molecule has 26 heavy (non-hydrogen) atoms. The zero-order chi connectivity index (χ0) is 19.3. The number of benzene rings is 1. The van der Waals surface area contributed by atoms with Crippen LogP contribution in [-0.2, 0) is 10.0 Å². The van der Waals surface area contributed by atoms with Gasteiger partial charge in [-0.3, -0.25) is 10.1 Å². The van der Waals surface area contributed by atoms with E-state index in [1.807, 2.05) is 5.32 Å². The van der Waals surface area contributed by atoms with Gasteiger partial charge in [0, 0.05) is 6.07 Å². The van der Waals surface area contributed by atoms with Crippen molar-refractivity contribution in [3.63, 3.8) is 0 Å². The maximum atomic E-state index is 12.2. The number of methoxy groups -OCH3 is 1. The van der Waals surface area contributed by atoms with Crippen LogP contribution in [-0.4, -0.2) is 48.9 Å². The summed E-state index contributed by atoms with van der Waals surface area (Å²) < 4.78 is 31.0. The molecule has 1 aromatic heterocycles. The second-order valence-corrected chi connectivity index (χ2v) is 6.29. The van der Waals surface area contributed by atoms with Gasteiger partial charge in [-0.15, -0.1) is 0 Å². The van der Waals surface area contributed by atoms with E-state index in [0.717, 1.165) is 12.1 Å². The lowest BCUT2D eigenvalue weighted by Crippen LogP contribution is -2.35. The van der Waals surface area contributed by atoms with Crippen molar-refractivity contribution >= 4 is 34.3 Å². The number of hydrogen-bond donors (Lipinski definition) is 3. The summed E-state index contributed by atoms with van der Waals surface area (Å²) in [6.07, 6.45) is 0.382. The van der Waals surface area contributed by atoms with E-state index >= 15 is 0 Å². The van der Waals surface area contributed by atoms with Crippen LogP contribution in [0.15, 0.2) is 35.2 Å². The van der Waals surface area contributed by atoms with Crippen molar-refractivity contribution in [2.75, 3.05) is 12.4 Å². The lowest BCUT2D eigenvalue weighted by molar-refractivity contribution is 0.0692.